The van der Waals surface area contributed by atoms with Gasteiger partial charge >= 0.3 is 0 Å². The van der Waals surface area contributed by atoms with Gasteiger partial charge in [-0.3, -0.25) is 0 Å². The molecule has 5 heteroatoms. The number of nitrogens with zero attached hydrogens (tertiary/aromatic N) is 1. The van der Waals surface area contributed by atoms with Crippen molar-refractivity contribution < 1.29 is 8.42 Å². The van der Waals surface area contributed by atoms with Crippen molar-refractivity contribution >= 4 is 21.6 Å². The van der Waals surface area contributed by atoms with Crippen LogP contribution in [0.2, 0.25) is 0 Å². The molecule has 0 amide bonds. The van der Waals surface area contributed by atoms with Gasteiger partial charge < -0.3 is 0 Å². The van der Waals surface area contributed by atoms with Crippen LogP contribution in [0.1, 0.15) is 37.7 Å². The van der Waals surface area contributed by atoms with Gasteiger partial charge in [0, 0.05) is 19.0 Å². The number of sulfonamides is 1. The highest BCUT2D eigenvalue weighted by Crippen LogP contribution is 2.20. The van der Waals surface area contributed by atoms with E-state index in [1.807, 2.05) is 0 Å². The van der Waals surface area contributed by atoms with Gasteiger partial charge in [-0.2, -0.15) is 4.31 Å². The first-order valence-electron chi connectivity index (χ1n) is 6.79. The summed E-state index contributed by atoms with van der Waals surface area (Å²) in [5.74, 6) is 0.407. The standard InChI is InChI=1S/C14H20ClNO2S/c15-12-13-6-8-14(9-7-13)19(17,18)16-10-4-2-1-3-5-11-16/h6-9H,1-5,10-12H2. The van der Waals surface area contributed by atoms with E-state index in [1.54, 1.807) is 28.6 Å². The second-order valence-electron chi connectivity index (χ2n) is 4.95. The lowest BCUT2D eigenvalue weighted by atomic mass is 10.1. The van der Waals surface area contributed by atoms with Crippen LogP contribution in [-0.2, 0) is 15.9 Å². The highest BCUT2D eigenvalue weighted by atomic mass is 35.5. The van der Waals surface area contributed by atoms with Crippen molar-refractivity contribution in [2.24, 2.45) is 0 Å². The Morgan fingerprint density at radius 1 is 0.947 bits per heavy atom. The van der Waals surface area contributed by atoms with E-state index in [9.17, 15) is 8.42 Å². The number of rotatable bonds is 3. The Balaban J connectivity index is 2.18. The van der Waals surface area contributed by atoms with Gasteiger partial charge in [0.1, 0.15) is 0 Å². The molecule has 0 spiro atoms. The van der Waals surface area contributed by atoms with Crippen LogP contribution in [-0.4, -0.2) is 25.8 Å². The third kappa shape index (κ3) is 3.71. The lowest BCUT2D eigenvalue weighted by molar-refractivity contribution is 0.364. The molecule has 0 unspecified atom stereocenters. The Bertz CT molecular complexity index is 491. The molecule has 1 fully saturated rings. The maximum atomic E-state index is 12.5. The van der Waals surface area contributed by atoms with Crippen molar-refractivity contribution in [3.63, 3.8) is 0 Å². The lowest BCUT2D eigenvalue weighted by Crippen LogP contribution is -2.33. The van der Waals surface area contributed by atoms with Crippen molar-refractivity contribution in [2.75, 3.05) is 13.1 Å². The van der Waals surface area contributed by atoms with E-state index < -0.39 is 10.0 Å². The van der Waals surface area contributed by atoms with Crippen LogP contribution < -0.4 is 0 Å². The molecule has 0 aromatic heterocycles. The maximum Gasteiger partial charge on any atom is 0.243 e. The minimum absolute atomic E-state index is 0.377. The quantitative estimate of drug-likeness (QED) is 0.803. The minimum atomic E-state index is -3.34. The van der Waals surface area contributed by atoms with Crippen molar-refractivity contribution in [1.29, 1.82) is 0 Å². The van der Waals surface area contributed by atoms with Crippen LogP contribution in [0.4, 0.5) is 0 Å². The molecular formula is C14H20ClNO2S. The fourth-order valence-corrected chi connectivity index (χ4v) is 4.05. The van der Waals surface area contributed by atoms with Crippen molar-refractivity contribution in [3.05, 3.63) is 29.8 Å². The summed E-state index contributed by atoms with van der Waals surface area (Å²) >= 11 is 5.72. The van der Waals surface area contributed by atoms with Crippen molar-refractivity contribution in [1.82, 2.24) is 4.31 Å². The Hall–Kier alpha value is -0.580. The van der Waals surface area contributed by atoms with Crippen LogP contribution in [0.25, 0.3) is 0 Å². The number of hydrogen-bond donors (Lipinski definition) is 0. The van der Waals surface area contributed by atoms with Gasteiger partial charge in [0.15, 0.2) is 0 Å². The van der Waals surface area contributed by atoms with Crippen LogP contribution >= 0.6 is 11.6 Å². The number of benzene rings is 1. The van der Waals surface area contributed by atoms with Crippen LogP contribution in [0.15, 0.2) is 29.2 Å². The number of hydrogen-bond acceptors (Lipinski definition) is 2. The lowest BCUT2D eigenvalue weighted by Gasteiger charge is -2.24. The summed E-state index contributed by atoms with van der Waals surface area (Å²) in [6.07, 6.45) is 5.38. The van der Waals surface area contributed by atoms with Gasteiger partial charge in [-0.15, -0.1) is 11.6 Å². The smallest absolute Gasteiger partial charge is 0.207 e. The van der Waals surface area contributed by atoms with Gasteiger partial charge in [0.05, 0.1) is 4.90 Å². The third-order valence-corrected chi connectivity index (χ3v) is 5.75. The van der Waals surface area contributed by atoms with Gasteiger partial charge in [0.2, 0.25) is 10.0 Å². The zero-order valence-corrected chi connectivity index (χ0v) is 12.6. The highest BCUT2D eigenvalue weighted by molar-refractivity contribution is 7.89. The monoisotopic (exact) mass is 301 g/mol. The van der Waals surface area contributed by atoms with E-state index in [1.165, 1.54) is 6.42 Å². The first kappa shape index (κ1) is 14.8. The Morgan fingerprint density at radius 2 is 1.47 bits per heavy atom. The predicted molar refractivity (Wildman–Crippen MR) is 77.8 cm³/mol. The largest absolute Gasteiger partial charge is 0.243 e. The fraction of sp³-hybridized carbons (Fsp3) is 0.571. The second kappa shape index (κ2) is 6.73. The Labute approximate surface area is 120 Å². The van der Waals surface area contributed by atoms with Crippen molar-refractivity contribution in [2.45, 2.75) is 42.9 Å². The van der Waals surface area contributed by atoms with E-state index in [0.717, 1.165) is 31.2 Å². The summed E-state index contributed by atoms with van der Waals surface area (Å²) in [5.41, 5.74) is 0.938. The molecule has 0 atom stereocenters. The van der Waals surface area contributed by atoms with Gasteiger partial charge in [-0.1, -0.05) is 31.4 Å². The van der Waals surface area contributed by atoms with Crippen LogP contribution in [0.3, 0.4) is 0 Å². The van der Waals surface area contributed by atoms with E-state index in [0.29, 0.717) is 23.9 Å². The number of alkyl halides is 1. The van der Waals surface area contributed by atoms with Crippen LogP contribution in [0, 0.1) is 0 Å². The second-order valence-corrected chi connectivity index (χ2v) is 7.15. The molecule has 0 N–H and O–H groups in total. The SMILES string of the molecule is O=S(=O)(c1ccc(CCl)cc1)N1CCCCCCC1. The molecule has 0 bridgehead atoms. The average molecular weight is 302 g/mol. The molecule has 2 rings (SSSR count). The first-order valence-corrected chi connectivity index (χ1v) is 8.77. The number of halogens is 1. The van der Waals surface area contributed by atoms with E-state index >= 15 is 0 Å². The highest BCUT2D eigenvalue weighted by Gasteiger charge is 2.24. The van der Waals surface area contributed by atoms with Gasteiger partial charge in [0.25, 0.3) is 0 Å². The minimum Gasteiger partial charge on any atom is -0.207 e. The molecule has 0 radical (unpaired) electrons. The van der Waals surface area contributed by atoms with Crippen molar-refractivity contribution in [3.8, 4) is 0 Å². The zero-order chi connectivity index (χ0) is 13.7. The molecule has 19 heavy (non-hydrogen) atoms. The third-order valence-electron chi connectivity index (χ3n) is 3.53. The normalized spacial score (nSPS) is 18.8. The summed E-state index contributed by atoms with van der Waals surface area (Å²) in [5, 5.41) is 0. The first-order chi connectivity index (χ1) is 9.14. The predicted octanol–water partition coefficient (Wildman–Crippen LogP) is 3.38. The molecule has 1 aromatic rings. The van der Waals surface area contributed by atoms with E-state index in [2.05, 4.69) is 0 Å². The molecule has 1 aliphatic heterocycles. The van der Waals surface area contributed by atoms with Crippen LogP contribution in [0.5, 0.6) is 0 Å². The molecule has 106 valence electrons. The molecule has 1 heterocycles. The summed E-state index contributed by atoms with van der Waals surface area (Å²) < 4.78 is 26.7. The maximum absolute atomic E-state index is 12.5. The summed E-state index contributed by atoms with van der Waals surface area (Å²) in [4.78, 5) is 0.377. The molecule has 1 aliphatic rings. The molecule has 1 aromatic carbocycles. The molecule has 3 nitrogen and oxygen atoms in total. The molecule has 0 saturated carbocycles. The zero-order valence-electron chi connectivity index (χ0n) is 11.0. The van der Waals surface area contributed by atoms with E-state index in [-0.39, 0.29) is 0 Å². The average Bonchev–Trinajstić information content (AvgIpc) is 2.38. The summed E-state index contributed by atoms with van der Waals surface area (Å²) in [6.45, 7) is 1.28. The van der Waals surface area contributed by atoms with E-state index in [4.69, 9.17) is 11.6 Å². The fourth-order valence-electron chi connectivity index (χ4n) is 2.36. The Morgan fingerprint density at radius 3 is 2.00 bits per heavy atom. The molecule has 0 aliphatic carbocycles. The topological polar surface area (TPSA) is 37.4 Å². The van der Waals surface area contributed by atoms with Gasteiger partial charge in [-0.05, 0) is 30.5 Å². The summed E-state index contributed by atoms with van der Waals surface area (Å²) in [6, 6.07) is 6.88. The summed E-state index contributed by atoms with van der Waals surface area (Å²) in [7, 11) is -3.34. The van der Waals surface area contributed by atoms with Gasteiger partial charge in [-0.25, -0.2) is 8.42 Å². The Kier molecular flexibility index (Phi) is 5.25. The molecular weight excluding hydrogens is 282 g/mol. The molecule has 1 saturated heterocycles.